The summed E-state index contributed by atoms with van der Waals surface area (Å²) in [6.07, 6.45) is 1.92. The largest absolute Gasteiger partial charge is 0.372 e. The van der Waals surface area contributed by atoms with Gasteiger partial charge in [0.15, 0.2) is 0 Å². The SMILES string of the molecule is CC1CN(c2ccc([C@@]34CC3CN(N)C4)cc2)CC(C)O1. The summed E-state index contributed by atoms with van der Waals surface area (Å²) in [7, 11) is 0. The topological polar surface area (TPSA) is 41.7 Å². The molecular weight excluding hydrogens is 262 g/mol. The fourth-order valence-corrected chi connectivity index (χ4v) is 4.36. The first-order valence-electron chi connectivity index (χ1n) is 8.07. The molecule has 4 nitrogen and oxygen atoms in total. The minimum Gasteiger partial charge on any atom is -0.372 e. The van der Waals surface area contributed by atoms with Crippen LogP contribution in [0.3, 0.4) is 0 Å². The summed E-state index contributed by atoms with van der Waals surface area (Å²) < 4.78 is 5.82. The summed E-state index contributed by atoms with van der Waals surface area (Å²) >= 11 is 0. The van der Waals surface area contributed by atoms with E-state index in [0.29, 0.717) is 17.6 Å². The van der Waals surface area contributed by atoms with Crippen molar-refractivity contribution in [3.05, 3.63) is 29.8 Å². The zero-order valence-corrected chi connectivity index (χ0v) is 13.0. The average Bonchev–Trinajstić information content (AvgIpc) is 3.01. The van der Waals surface area contributed by atoms with Crippen molar-refractivity contribution in [1.82, 2.24) is 5.01 Å². The van der Waals surface area contributed by atoms with Crippen LogP contribution in [0.25, 0.3) is 0 Å². The molecule has 0 bridgehead atoms. The molecule has 1 aromatic carbocycles. The van der Waals surface area contributed by atoms with Gasteiger partial charge in [0.2, 0.25) is 0 Å². The lowest BCUT2D eigenvalue weighted by Gasteiger charge is -2.37. The van der Waals surface area contributed by atoms with Gasteiger partial charge in [-0.15, -0.1) is 0 Å². The van der Waals surface area contributed by atoms with Crippen LogP contribution in [0.4, 0.5) is 5.69 Å². The summed E-state index contributed by atoms with van der Waals surface area (Å²) in [6, 6.07) is 9.20. The molecule has 1 saturated carbocycles. The Morgan fingerprint density at radius 2 is 1.76 bits per heavy atom. The number of benzene rings is 1. The molecule has 4 heteroatoms. The van der Waals surface area contributed by atoms with Crippen LogP contribution in [0.15, 0.2) is 24.3 Å². The van der Waals surface area contributed by atoms with Gasteiger partial charge in [-0.05, 0) is 43.9 Å². The molecule has 2 heterocycles. The van der Waals surface area contributed by atoms with E-state index in [9.17, 15) is 0 Å². The Balaban J connectivity index is 1.52. The summed E-state index contributed by atoms with van der Waals surface area (Å²) in [4.78, 5) is 2.44. The van der Waals surface area contributed by atoms with E-state index in [4.69, 9.17) is 10.6 Å². The van der Waals surface area contributed by atoms with Crippen LogP contribution in [0.2, 0.25) is 0 Å². The molecule has 2 saturated heterocycles. The molecule has 4 rings (SSSR count). The third kappa shape index (κ3) is 2.26. The molecule has 114 valence electrons. The van der Waals surface area contributed by atoms with Crippen molar-refractivity contribution in [2.75, 3.05) is 31.1 Å². The normalized spacial score (nSPS) is 39.4. The number of hydrazine groups is 1. The van der Waals surface area contributed by atoms with Crippen LogP contribution in [-0.4, -0.2) is 43.4 Å². The second-order valence-corrected chi connectivity index (χ2v) is 7.20. The van der Waals surface area contributed by atoms with Gasteiger partial charge in [0.1, 0.15) is 0 Å². The van der Waals surface area contributed by atoms with Crippen molar-refractivity contribution >= 4 is 5.69 Å². The highest BCUT2D eigenvalue weighted by Gasteiger charge is 2.60. The highest BCUT2D eigenvalue weighted by molar-refractivity contribution is 5.51. The maximum absolute atomic E-state index is 5.97. The first-order valence-corrected chi connectivity index (χ1v) is 8.07. The molecular formula is C17H25N3O. The summed E-state index contributed by atoms with van der Waals surface area (Å²) in [5.74, 6) is 6.74. The molecule has 0 aromatic heterocycles. The number of nitrogens with two attached hydrogens (primary N) is 1. The van der Waals surface area contributed by atoms with E-state index >= 15 is 0 Å². The number of hydrogen-bond donors (Lipinski definition) is 1. The van der Waals surface area contributed by atoms with Gasteiger partial charge >= 0.3 is 0 Å². The number of morpholine rings is 1. The van der Waals surface area contributed by atoms with Crippen molar-refractivity contribution in [3.63, 3.8) is 0 Å². The quantitative estimate of drug-likeness (QED) is 0.842. The molecule has 1 aromatic rings. The van der Waals surface area contributed by atoms with Gasteiger partial charge < -0.3 is 9.64 Å². The fraction of sp³-hybridized carbons (Fsp3) is 0.647. The van der Waals surface area contributed by atoms with E-state index in [1.165, 1.54) is 17.7 Å². The van der Waals surface area contributed by atoms with Gasteiger partial charge in [0.05, 0.1) is 12.2 Å². The number of nitrogens with zero attached hydrogens (tertiary/aromatic N) is 2. The van der Waals surface area contributed by atoms with Gasteiger partial charge in [-0.3, -0.25) is 5.84 Å². The van der Waals surface area contributed by atoms with Crippen molar-refractivity contribution in [1.29, 1.82) is 0 Å². The number of ether oxygens (including phenoxy) is 1. The van der Waals surface area contributed by atoms with Crippen LogP contribution in [0.5, 0.6) is 0 Å². The molecule has 3 unspecified atom stereocenters. The predicted octanol–water partition coefficient (Wildman–Crippen LogP) is 1.75. The second kappa shape index (κ2) is 4.70. The minimum atomic E-state index is 0.306. The number of rotatable bonds is 2. The number of hydrogen-bond acceptors (Lipinski definition) is 4. The molecule has 4 atom stereocenters. The maximum atomic E-state index is 5.97. The molecule has 0 radical (unpaired) electrons. The van der Waals surface area contributed by atoms with Gasteiger partial charge in [-0.2, -0.15) is 0 Å². The minimum absolute atomic E-state index is 0.306. The highest BCUT2D eigenvalue weighted by Crippen LogP contribution is 2.58. The lowest BCUT2D eigenvalue weighted by Crippen LogP contribution is -2.45. The van der Waals surface area contributed by atoms with E-state index < -0.39 is 0 Å². The van der Waals surface area contributed by atoms with Gasteiger partial charge in [-0.1, -0.05) is 12.1 Å². The van der Waals surface area contributed by atoms with Gasteiger partial charge in [0, 0.05) is 37.3 Å². The standard InChI is InChI=1S/C17H25N3O/c1-12-8-19(9-13(2)21-12)16-5-3-14(4-6-16)17-7-15(17)10-20(18)11-17/h3-6,12-13,15H,7-11,18H2,1-2H3/t12?,13?,15?,17-/m0/s1. The monoisotopic (exact) mass is 287 g/mol. The van der Waals surface area contributed by atoms with E-state index in [2.05, 4.69) is 43.0 Å². The van der Waals surface area contributed by atoms with Crippen molar-refractivity contribution in [3.8, 4) is 0 Å². The second-order valence-electron chi connectivity index (χ2n) is 7.20. The fourth-order valence-electron chi connectivity index (χ4n) is 4.36. The highest BCUT2D eigenvalue weighted by atomic mass is 16.5. The summed E-state index contributed by atoms with van der Waals surface area (Å²) in [6.45, 7) is 8.34. The molecule has 3 fully saturated rings. The summed E-state index contributed by atoms with van der Waals surface area (Å²) in [5, 5.41) is 1.98. The zero-order chi connectivity index (χ0) is 14.6. The number of fused-ring (bicyclic) bond motifs is 1. The average molecular weight is 287 g/mol. The van der Waals surface area contributed by atoms with Crippen LogP contribution >= 0.6 is 0 Å². The van der Waals surface area contributed by atoms with Crippen molar-refractivity contribution in [2.24, 2.45) is 11.8 Å². The zero-order valence-electron chi connectivity index (χ0n) is 13.0. The van der Waals surface area contributed by atoms with Crippen LogP contribution in [-0.2, 0) is 10.2 Å². The molecule has 2 N–H and O–H groups in total. The summed E-state index contributed by atoms with van der Waals surface area (Å²) in [5.41, 5.74) is 3.15. The van der Waals surface area contributed by atoms with Gasteiger partial charge in [-0.25, -0.2) is 5.01 Å². The van der Waals surface area contributed by atoms with E-state index in [1.807, 2.05) is 5.01 Å². The lowest BCUT2D eigenvalue weighted by atomic mass is 9.95. The Morgan fingerprint density at radius 3 is 2.33 bits per heavy atom. The van der Waals surface area contributed by atoms with Crippen LogP contribution in [0.1, 0.15) is 25.8 Å². The lowest BCUT2D eigenvalue weighted by molar-refractivity contribution is -0.00521. The Bertz CT molecular complexity index is 521. The van der Waals surface area contributed by atoms with Crippen molar-refractivity contribution < 1.29 is 4.74 Å². The molecule has 21 heavy (non-hydrogen) atoms. The Morgan fingerprint density at radius 1 is 1.10 bits per heavy atom. The Labute approximate surface area is 126 Å². The Hall–Kier alpha value is -1.10. The molecule has 1 aliphatic carbocycles. The van der Waals surface area contributed by atoms with Crippen molar-refractivity contribution in [2.45, 2.75) is 37.9 Å². The third-order valence-electron chi connectivity index (χ3n) is 5.40. The third-order valence-corrected chi connectivity index (χ3v) is 5.40. The smallest absolute Gasteiger partial charge is 0.0726 e. The molecule has 0 spiro atoms. The predicted molar refractivity (Wildman–Crippen MR) is 84.2 cm³/mol. The molecule has 2 aliphatic heterocycles. The molecule has 0 amide bonds. The van der Waals surface area contributed by atoms with Crippen LogP contribution < -0.4 is 10.7 Å². The van der Waals surface area contributed by atoms with Gasteiger partial charge in [0.25, 0.3) is 0 Å². The van der Waals surface area contributed by atoms with E-state index in [1.54, 1.807) is 0 Å². The van der Waals surface area contributed by atoms with E-state index in [0.717, 1.165) is 32.1 Å². The Kier molecular flexibility index (Phi) is 3.03. The van der Waals surface area contributed by atoms with Crippen LogP contribution in [0, 0.1) is 5.92 Å². The number of anilines is 1. The maximum Gasteiger partial charge on any atom is 0.0726 e. The number of piperidine rings is 1. The first-order chi connectivity index (χ1) is 10.1. The van der Waals surface area contributed by atoms with E-state index in [-0.39, 0.29) is 0 Å². The first kappa shape index (κ1) is 13.6. The molecule has 3 aliphatic rings.